The van der Waals surface area contributed by atoms with Gasteiger partial charge in [-0.2, -0.15) is 0 Å². The number of halogens is 1. The fourth-order valence-electron chi connectivity index (χ4n) is 2.17. The molecule has 0 aromatic carbocycles. The Bertz CT molecular complexity index is 129. The third-order valence-electron chi connectivity index (χ3n) is 2.69. The first kappa shape index (κ1) is 16.6. The van der Waals surface area contributed by atoms with Crippen molar-refractivity contribution in [3.63, 3.8) is 0 Å². The van der Waals surface area contributed by atoms with E-state index in [9.17, 15) is 0 Å². The molecule has 1 aliphatic carbocycles. The molecular weight excluding hydrogens is 368 g/mol. The maximum Gasteiger partial charge on any atom is 1.00 e. The molecule has 0 spiro atoms. The zero-order valence-electron chi connectivity index (χ0n) is 9.28. The van der Waals surface area contributed by atoms with Crippen LogP contribution in [0.4, 0.5) is 0 Å². The number of hydrogen-bond donors (Lipinski definition) is 0. The van der Waals surface area contributed by atoms with E-state index in [-0.39, 0.29) is 40.1 Å². The van der Waals surface area contributed by atoms with Crippen LogP contribution in [-0.4, -0.2) is 0 Å². The van der Waals surface area contributed by atoms with E-state index in [2.05, 4.69) is 27.7 Å². The minimum absolute atomic E-state index is 0. The van der Waals surface area contributed by atoms with Crippen molar-refractivity contribution >= 4 is 0 Å². The Morgan fingerprint density at radius 3 is 2.08 bits per heavy atom. The molecule has 0 aliphatic heterocycles. The molecule has 0 amide bonds. The van der Waals surface area contributed by atoms with E-state index in [1.807, 2.05) is 0 Å². The van der Waals surface area contributed by atoms with Crippen molar-refractivity contribution in [2.75, 3.05) is 0 Å². The van der Waals surface area contributed by atoms with E-state index >= 15 is 0 Å². The van der Waals surface area contributed by atoms with Gasteiger partial charge in [-0.1, -0.05) is 40.0 Å². The third kappa shape index (κ3) is 6.33. The number of rotatable bonds is 1. The van der Waals surface area contributed by atoms with Crippen molar-refractivity contribution in [1.82, 2.24) is 0 Å². The second kappa shape index (κ2) is 6.66. The molecule has 0 N–H and O–H groups in total. The van der Waals surface area contributed by atoms with Crippen LogP contribution < -0.4 is 12.4 Å². The van der Waals surface area contributed by atoms with Crippen LogP contribution in [0.15, 0.2) is 0 Å². The molecular formula is C11H21ClHg. The summed E-state index contributed by atoms with van der Waals surface area (Å²) in [6.45, 7) is 11.2. The molecule has 2 heteroatoms. The molecule has 13 heavy (non-hydrogen) atoms. The van der Waals surface area contributed by atoms with Crippen LogP contribution in [0.3, 0.4) is 0 Å². The molecule has 2 unspecified atom stereocenters. The first-order valence-electron chi connectivity index (χ1n) is 4.82. The Balaban J connectivity index is 0. The minimum Gasteiger partial charge on any atom is -1.00 e. The third-order valence-corrected chi connectivity index (χ3v) is 2.69. The molecule has 0 aromatic rings. The minimum atomic E-state index is 0. The maximum atomic E-state index is 4.20. The van der Waals surface area contributed by atoms with Crippen LogP contribution in [0.5, 0.6) is 0 Å². The van der Waals surface area contributed by atoms with Crippen LogP contribution in [0.1, 0.15) is 46.5 Å². The van der Waals surface area contributed by atoms with Crippen LogP contribution in [-0.2, 0) is 27.7 Å². The summed E-state index contributed by atoms with van der Waals surface area (Å²) in [6, 6.07) is 0. The van der Waals surface area contributed by atoms with Gasteiger partial charge < -0.3 is 12.4 Å². The first-order chi connectivity index (χ1) is 4.99. The van der Waals surface area contributed by atoms with Gasteiger partial charge in [0.1, 0.15) is 0 Å². The molecule has 1 fully saturated rings. The van der Waals surface area contributed by atoms with Gasteiger partial charge in [0, 0.05) is 0 Å². The summed E-state index contributed by atoms with van der Waals surface area (Å²) < 4.78 is 0. The molecule has 1 saturated carbocycles. The zero-order chi connectivity index (χ0) is 8.48. The van der Waals surface area contributed by atoms with Gasteiger partial charge in [-0.15, -0.1) is 0 Å². The van der Waals surface area contributed by atoms with Crippen molar-refractivity contribution < 1.29 is 40.1 Å². The molecule has 0 aromatic heterocycles. The van der Waals surface area contributed by atoms with Crippen molar-refractivity contribution in [2.45, 2.75) is 46.5 Å². The van der Waals surface area contributed by atoms with Crippen molar-refractivity contribution in [1.29, 1.82) is 0 Å². The Morgan fingerprint density at radius 2 is 1.77 bits per heavy atom. The predicted octanol–water partition coefficient (Wildman–Crippen LogP) is 0.674. The summed E-state index contributed by atoms with van der Waals surface area (Å²) in [4.78, 5) is 0. The molecule has 2 radical (unpaired) electrons. The van der Waals surface area contributed by atoms with Gasteiger partial charge >= 0.3 is 27.7 Å². The van der Waals surface area contributed by atoms with Crippen molar-refractivity contribution in [3.05, 3.63) is 6.92 Å². The van der Waals surface area contributed by atoms with Gasteiger partial charge in [0.25, 0.3) is 0 Å². The van der Waals surface area contributed by atoms with E-state index in [0.717, 1.165) is 11.8 Å². The molecule has 1 rings (SSSR count). The summed E-state index contributed by atoms with van der Waals surface area (Å²) in [5, 5.41) is 0. The molecule has 2 atom stereocenters. The Morgan fingerprint density at radius 1 is 1.23 bits per heavy atom. The topological polar surface area (TPSA) is 0 Å². The summed E-state index contributed by atoms with van der Waals surface area (Å²) in [5.74, 6) is 1.66. The second-order valence-corrected chi connectivity index (χ2v) is 5.22. The van der Waals surface area contributed by atoms with Gasteiger partial charge in [-0.25, -0.2) is 0 Å². The average Bonchev–Trinajstić information content (AvgIpc) is 2.12. The van der Waals surface area contributed by atoms with Gasteiger partial charge in [0.05, 0.1) is 0 Å². The summed E-state index contributed by atoms with van der Waals surface area (Å²) in [5.41, 5.74) is 0.505. The molecule has 0 saturated heterocycles. The van der Waals surface area contributed by atoms with Crippen molar-refractivity contribution in [2.24, 2.45) is 17.3 Å². The normalized spacial score (nSPS) is 27.7. The SMILES string of the molecule is [CH2]C1CCCC1CC(C)(C)C.[Cl-].[Hg+]. The summed E-state index contributed by atoms with van der Waals surface area (Å²) >= 11 is 0. The fourth-order valence-corrected chi connectivity index (χ4v) is 2.17. The zero-order valence-corrected chi connectivity index (χ0v) is 15.5. The van der Waals surface area contributed by atoms with Crippen LogP contribution in [0.2, 0.25) is 0 Å². The summed E-state index contributed by atoms with van der Waals surface area (Å²) in [6.07, 6.45) is 5.56. The van der Waals surface area contributed by atoms with E-state index < -0.39 is 0 Å². The van der Waals surface area contributed by atoms with Crippen molar-refractivity contribution in [3.8, 4) is 0 Å². The van der Waals surface area contributed by atoms with E-state index in [0.29, 0.717) is 5.41 Å². The fraction of sp³-hybridized carbons (Fsp3) is 0.909. The van der Waals surface area contributed by atoms with Gasteiger partial charge in [0.15, 0.2) is 0 Å². The maximum absolute atomic E-state index is 4.20. The quantitative estimate of drug-likeness (QED) is 0.579. The van der Waals surface area contributed by atoms with E-state index in [1.165, 1.54) is 25.7 Å². The van der Waals surface area contributed by atoms with Crippen LogP contribution >= 0.6 is 0 Å². The monoisotopic (exact) mass is 390 g/mol. The number of hydrogen-bond acceptors (Lipinski definition) is 0. The summed E-state index contributed by atoms with van der Waals surface area (Å²) in [7, 11) is 0. The van der Waals surface area contributed by atoms with Crippen LogP contribution in [0.25, 0.3) is 0 Å². The predicted molar refractivity (Wildman–Crippen MR) is 50.3 cm³/mol. The van der Waals surface area contributed by atoms with Gasteiger partial charge in [-0.05, 0) is 30.6 Å². The van der Waals surface area contributed by atoms with Crippen LogP contribution in [0, 0.1) is 24.2 Å². The molecule has 0 heterocycles. The smallest absolute Gasteiger partial charge is 1.00 e. The van der Waals surface area contributed by atoms with Gasteiger partial charge in [0.2, 0.25) is 0 Å². The van der Waals surface area contributed by atoms with E-state index in [4.69, 9.17) is 0 Å². The Kier molecular flexibility index (Phi) is 8.53. The first-order valence-corrected chi connectivity index (χ1v) is 4.82. The molecule has 0 bridgehead atoms. The second-order valence-electron chi connectivity index (χ2n) is 5.22. The van der Waals surface area contributed by atoms with Gasteiger partial charge in [-0.3, -0.25) is 0 Å². The van der Waals surface area contributed by atoms with E-state index in [1.54, 1.807) is 0 Å². The molecule has 74 valence electrons. The largest absolute Gasteiger partial charge is 1.00 e. The molecule has 0 nitrogen and oxygen atoms in total. The standard InChI is InChI=1S/C11H21.ClH.Hg/c1-9-6-5-7-10(9)8-11(2,3)4;;/h9-10H,1,5-8H2,2-4H3;1H;/q;;+1/p-1. The Labute approximate surface area is 110 Å². The average molecular weight is 389 g/mol. The Hall–Kier alpha value is 1.23. The molecule has 1 aliphatic rings.